The molecule has 1 N–H and O–H groups in total. The van der Waals surface area contributed by atoms with Crippen LogP contribution in [0.5, 0.6) is 0 Å². The first kappa shape index (κ1) is 18.7. The van der Waals surface area contributed by atoms with Crippen molar-refractivity contribution in [2.75, 3.05) is 38.5 Å². The Morgan fingerprint density at radius 3 is 2.96 bits per heavy atom. The van der Waals surface area contributed by atoms with Crippen molar-refractivity contribution in [1.82, 2.24) is 9.80 Å². The summed E-state index contributed by atoms with van der Waals surface area (Å²) in [5.74, 6) is 1.26. The van der Waals surface area contributed by atoms with E-state index in [-0.39, 0.29) is 23.8 Å². The van der Waals surface area contributed by atoms with Crippen LogP contribution in [0.4, 0.5) is 0 Å². The molecule has 2 fully saturated rings. The van der Waals surface area contributed by atoms with E-state index < -0.39 is 0 Å². The summed E-state index contributed by atoms with van der Waals surface area (Å²) in [6.45, 7) is 4.69. The maximum absolute atomic E-state index is 12.9. The molecular weight excluding hydrogens is 356 g/mol. The number of carbonyl (C=O) groups excluding carboxylic acids is 2. The van der Waals surface area contributed by atoms with E-state index in [0.29, 0.717) is 19.5 Å². The molecule has 2 aliphatic rings. The van der Waals surface area contributed by atoms with E-state index in [0.717, 1.165) is 43.0 Å². The number of likely N-dealkylation sites (tertiary alicyclic amines) is 2. The highest BCUT2D eigenvalue weighted by Gasteiger charge is 2.42. The molecule has 0 radical (unpaired) electrons. The Hall–Kier alpha value is -1.05. The SMILES string of the molecule is CCSc1ccc(C(=O)N2CCC[C@]3(CCC(=O)N(CCO)C3)C2)s1. The van der Waals surface area contributed by atoms with Crippen LogP contribution in [-0.2, 0) is 4.79 Å². The molecule has 7 heteroatoms. The van der Waals surface area contributed by atoms with Crippen LogP contribution in [0.3, 0.4) is 0 Å². The minimum Gasteiger partial charge on any atom is -0.395 e. The van der Waals surface area contributed by atoms with E-state index >= 15 is 0 Å². The first-order valence-corrected chi connectivity index (χ1v) is 10.8. The van der Waals surface area contributed by atoms with Gasteiger partial charge in [0, 0.05) is 38.0 Å². The fourth-order valence-corrected chi connectivity index (χ4v) is 5.96. The van der Waals surface area contributed by atoms with E-state index in [4.69, 9.17) is 0 Å². The lowest BCUT2D eigenvalue weighted by atomic mass is 9.73. The molecule has 2 amide bonds. The molecule has 1 spiro atoms. The van der Waals surface area contributed by atoms with E-state index in [1.165, 1.54) is 4.21 Å². The van der Waals surface area contributed by atoms with Crippen LogP contribution in [-0.4, -0.2) is 65.3 Å². The zero-order chi connectivity index (χ0) is 17.9. The molecule has 1 aromatic heterocycles. The van der Waals surface area contributed by atoms with Crippen LogP contribution in [0.15, 0.2) is 16.3 Å². The number of nitrogens with zero attached hydrogens (tertiary/aromatic N) is 2. The Kier molecular flexibility index (Phi) is 6.07. The Labute approximate surface area is 157 Å². The van der Waals surface area contributed by atoms with Gasteiger partial charge in [-0.1, -0.05) is 6.92 Å². The van der Waals surface area contributed by atoms with Gasteiger partial charge < -0.3 is 14.9 Å². The van der Waals surface area contributed by atoms with Crippen LogP contribution in [0.1, 0.15) is 42.3 Å². The molecule has 0 bridgehead atoms. The molecule has 3 heterocycles. The summed E-state index contributed by atoms with van der Waals surface area (Å²) in [6, 6.07) is 3.97. The van der Waals surface area contributed by atoms with Gasteiger partial charge in [-0.3, -0.25) is 9.59 Å². The molecule has 5 nitrogen and oxygen atoms in total. The van der Waals surface area contributed by atoms with Gasteiger partial charge in [0.25, 0.3) is 5.91 Å². The third-order valence-corrected chi connectivity index (χ3v) is 7.33. The summed E-state index contributed by atoms with van der Waals surface area (Å²) in [7, 11) is 0. The number of hydrogen-bond acceptors (Lipinski definition) is 5. The third kappa shape index (κ3) is 4.20. The standard InChI is InChI=1S/C18H26N2O3S2/c1-2-24-16-5-4-14(25-16)17(23)20-9-3-7-18(13-20)8-6-15(22)19(12-18)10-11-21/h4-5,21H,2-3,6-13H2,1H3/t18-/m1/s1. The van der Waals surface area contributed by atoms with Crippen molar-refractivity contribution in [1.29, 1.82) is 0 Å². The maximum Gasteiger partial charge on any atom is 0.263 e. The molecule has 0 unspecified atom stereocenters. The van der Waals surface area contributed by atoms with Crippen LogP contribution in [0, 0.1) is 5.41 Å². The topological polar surface area (TPSA) is 60.9 Å². The Balaban J connectivity index is 1.69. The smallest absolute Gasteiger partial charge is 0.263 e. The molecule has 0 aromatic carbocycles. The highest BCUT2D eigenvalue weighted by Crippen LogP contribution is 2.39. The van der Waals surface area contributed by atoms with E-state index in [1.807, 2.05) is 17.0 Å². The molecule has 2 aliphatic heterocycles. The molecule has 2 saturated heterocycles. The lowest BCUT2D eigenvalue weighted by molar-refractivity contribution is -0.139. The lowest BCUT2D eigenvalue weighted by Crippen LogP contribution is -2.55. The molecule has 3 rings (SSSR count). The van der Waals surface area contributed by atoms with Crippen molar-refractivity contribution in [3.05, 3.63) is 17.0 Å². The average Bonchev–Trinajstić information content (AvgIpc) is 3.07. The van der Waals surface area contributed by atoms with E-state index in [1.54, 1.807) is 28.0 Å². The molecule has 1 atom stereocenters. The van der Waals surface area contributed by atoms with Gasteiger partial charge in [0.15, 0.2) is 0 Å². The van der Waals surface area contributed by atoms with Crippen LogP contribution >= 0.6 is 23.1 Å². The number of hydrogen-bond donors (Lipinski definition) is 1. The van der Waals surface area contributed by atoms with Gasteiger partial charge in [0.1, 0.15) is 0 Å². The quantitative estimate of drug-likeness (QED) is 0.796. The van der Waals surface area contributed by atoms with E-state index in [2.05, 4.69) is 6.92 Å². The average molecular weight is 383 g/mol. The largest absolute Gasteiger partial charge is 0.395 e. The number of carbonyl (C=O) groups is 2. The second kappa shape index (κ2) is 8.10. The van der Waals surface area contributed by atoms with E-state index in [9.17, 15) is 14.7 Å². The summed E-state index contributed by atoms with van der Waals surface area (Å²) in [5, 5.41) is 9.20. The highest BCUT2D eigenvalue weighted by atomic mass is 32.2. The number of aliphatic hydroxyl groups is 1. The highest BCUT2D eigenvalue weighted by molar-refractivity contribution is 8.01. The number of thiophene rings is 1. The first-order valence-electron chi connectivity index (χ1n) is 8.97. The normalized spacial score (nSPS) is 24.2. The number of piperidine rings is 2. The molecule has 0 saturated carbocycles. The number of β-amino-alcohol motifs (C(OH)–C–C–N with tert-alkyl or cyclic N) is 1. The predicted octanol–water partition coefficient (Wildman–Crippen LogP) is 2.70. The van der Waals surface area contributed by atoms with Crippen LogP contribution in [0.25, 0.3) is 0 Å². The summed E-state index contributed by atoms with van der Waals surface area (Å²) in [5.41, 5.74) is -0.00471. The van der Waals surface area contributed by atoms with Crippen LogP contribution in [0.2, 0.25) is 0 Å². The van der Waals surface area contributed by atoms with Crippen molar-refractivity contribution in [2.24, 2.45) is 5.41 Å². The van der Waals surface area contributed by atoms with Gasteiger partial charge in [-0.25, -0.2) is 0 Å². The van der Waals surface area contributed by atoms with Crippen molar-refractivity contribution < 1.29 is 14.7 Å². The minimum absolute atomic E-state index is 0.00245. The van der Waals surface area contributed by atoms with Crippen molar-refractivity contribution >= 4 is 34.9 Å². The zero-order valence-electron chi connectivity index (χ0n) is 14.7. The van der Waals surface area contributed by atoms with Crippen molar-refractivity contribution in [2.45, 2.75) is 36.8 Å². The first-order chi connectivity index (χ1) is 12.1. The molecule has 138 valence electrons. The Morgan fingerprint density at radius 2 is 2.20 bits per heavy atom. The third-order valence-electron chi connectivity index (χ3n) is 5.15. The maximum atomic E-state index is 12.9. The van der Waals surface area contributed by atoms with Gasteiger partial charge in [0.2, 0.25) is 5.91 Å². The van der Waals surface area contributed by atoms with Gasteiger partial charge in [0.05, 0.1) is 15.7 Å². The zero-order valence-corrected chi connectivity index (χ0v) is 16.3. The number of thioether (sulfide) groups is 1. The summed E-state index contributed by atoms with van der Waals surface area (Å²) >= 11 is 3.35. The van der Waals surface area contributed by atoms with Crippen molar-refractivity contribution in [3.63, 3.8) is 0 Å². The van der Waals surface area contributed by atoms with Crippen molar-refractivity contribution in [3.8, 4) is 0 Å². The second-order valence-electron chi connectivity index (χ2n) is 6.92. The Morgan fingerprint density at radius 1 is 1.36 bits per heavy atom. The van der Waals surface area contributed by atoms with Gasteiger partial charge >= 0.3 is 0 Å². The molecular formula is C18H26N2O3S2. The van der Waals surface area contributed by atoms with Crippen LogP contribution < -0.4 is 0 Å². The fourth-order valence-electron chi connectivity index (χ4n) is 3.95. The Bertz CT molecular complexity index is 634. The van der Waals surface area contributed by atoms with Gasteiger partial charge in [-0.05, 0) is 37.1 Å². The monoisotopic (exact) mass is 382 g/mol. The molecule has 1 aromatic rings. The summed E-state index contributed by atoms with van der Waals surface area (Å²) in [6.07, 6.45) is 3.40. The molecule has 0 aliphatic carbocycles. The number of amides is 2. The minimum atomic E-state index is -0.00471. The number of aliphatic hydroxyl groups excluding tert-OH is 1. The number of rotatable bonds is 5. The van der Waals surface area contributed by atoms with Gasteiger partial charge in [-0.2, -0.15) is 0 Å². The fraction of sp³-hybridized carbons (Fsp3) is 0.667. The predicted molar refractivity (Wildman–Crippen MR) is 101 cm³/mol. The second-order valence-corrected chi connectivity index (χ2v) is 9.57. The lowest BCUT2D eigenvalue weighted by Gasteiger charge is -2.48. The van der Waals surface area contributed by atoms with Gasteiger partial charge in [-0.15, -0.1) is 23.1 Å². The summed E-state index contributed by atoms with van der Waals surface area (Å²) in [4.78, 5) is 29.5. The molecule has 25 heavy (non-hydrogen) atoms. The summed E-state index contributed by atoms with van der Waals surface area (Å²) < 4.78 is 1.19.